The number of hydrogen-bond acceptors (Lipinski definition) is 7. The fourth-order valence-electron chi connectivity index (χ4n) is 2.64. The van der Waals surface area contributed by atoms with E-state index in [0.717, 1.165) is 5.56 Å². The molecule has 2 aromatic carbocycles. The maximum Gasteiger partial charge on any atom is 0.329 e. The van der Waals surface area contributed by atoms with Crippen molar-refractivity contribution in [2.45, 2.75) is 13.3 Å². The van der Waals surface area contributed by atoms with Crippen LogP contribution in [0.1, 0.15) is 17.5 Å². The zero-order chi connectivity index (χ0) is 24.9. The van der Waals surface area contributed by atoms with Crippen LogP contribution in [0.5, 0.6) is 11.5 Å². The first-order valence-electron chi connectivity index (χ1n) is 10.3. The van der Waals surface area contributed by atoms with Crippen LogP contribution in [0.25, 0.3) is 0 Å². The predicted molar refractivity (Wildman–Crippen MR) is 129 cm³/mol. The van der Waals surface area contributed by atoms with Gasteiger partial charge in [0.2, 0.25) is 0 Å². The summed E-state index contributed by atoms with van der Waals surface area (Å²) in [4.78, 5) is 35.6. The lowest BCUT2D eigenvalue weighted by Crippen LogP contribution is -2.38. The summed E-state index contributed by atoms with van der Waals surface area (Å²) in [7, 11) is 2.97. The third-order valence-corrected chi connectivity index (χ3v) is 4.61. The molecule has 2 aromatic rings. The molecule has 0 aliphatic heterocycles. The van der Waals surface area contributed by atoms with E-state index in [0.29, 0.717) is 30.8 Å². The number of carbonyl (C=O) groups excluding carboxylic acids is 3. The van der Waals surface area contributed by atoms with E-state index >= 15 is 0 Å². The van der Waals surface area contributed by atoms with E-state index in [-0.39, 0.29) is 29.0 Å². The van der Waals surface area contributed by atoms with Gasteiger partial charge in [0.25, 0.3) is 5.91 Å². The van der Waals surface area contributed by atoms with Gasteiger partial charge in [0.15, 0.2) is 18.1 Å². The number of ether oxygens (including phenoxy) is 3. The van der Waals surface area contributed by atoms with Crippen LogP contribution in [-0.4, -0.2) is 57.9 Å². The van der Waals surface area contributed by atoms with Gasteiger partial charge in [-0.25, -0.2) is 5.43 Å². The molecule has 0 unspecified atom stereocenters. The van der Waals surface area contributed by atoms with Crippen LogP contribution in [0.4, 0.5) is 5.69 Å². The number of amides is 3. The van der Waals surface area contributed by atoms with Crippen molar-refractivity contribution in [3.05, 3.63) is 52.5 Å². The third-order valence-electron chi connectivity index (χ3n) is 4.33. The molecule has 2 rings (SSSR count). The number of hydrazone groups is 1. The molecule has 0 atom stereocenters. The molecule has 0 spiro atoms. The lowest BCUT2D eigenvalue weighted by Gasteiger charge is -2.13. The molecule has 182 valence electrons. The largest absolute Gasteiger partial charge is 0.493 e. The van der Waals surface area contributed by atoms with E-state index in [1.165, 1.54) is 19.4 Å². The molecule has 10 nitrogen and oxygen atoms in total. The minimum atomic E-state index is -0.911. The highest BCUT2D eigenvalue weighted by Gasteiger charge is 2.15. The Morgan fingerprint density at radius 2 is 1.82 bits per heavy atom. The molecule has 11 heteroatoms. The van der Waals surface area contributed by atoms with E-state index in [1.54, 1.807) is 25.3 Å². The summed E-state index contributed by atoms with van der Waals surface area (Å²) in [6.45, 7) is 2.45. The van der Waals surface area contributed by atoms with Crippen molar-refractivity contribution in [2.75, 3.05) is 39.3 Å². The molecule has 0 saturated carbocycles. The van der Waals surface area contributed by atoms with Crippen molar-refractivity contribution in [2.24, 2.45) is 5.10 Å². The number of aryl methyl sites for hydroxylation is 1. The Kier molecular flexibility index (Phi) is 10.8. The van der Waals surface area contributed by atoms with Crippen LogP contribution < -0.4 is 25.5 Å². The molecule has 3 amide bonds. The number of methoxy groups -OCH3 is 2. The number of nitrogens with zero attached hydrogens (tertiary/aromatic N) is 1. The first-order valence-corrected chi connectivity index (χ1v) is 10.7. The van der Waals surface area contributed by atoms with Gasteiger partial charge in [-0.15, -0.1) is 0 Å². The fourth-order valence-corrected chi connectivity index (χ4v) is 2.91. The fraction of sp³-hybridized carbons (Fsp3) is 0.304. The zero-order valence-corrected chi connectivity index (χ0v) is 19.9. The molecule has 34 heavy (non-hydrogen) atoms. The molecular weight excluding hydrogens is 464 g/mol. The van der Waals surface area contributed by atoms with Crippen molar-refractivity contribution in [3.63, 3.8) is 0 Å². The summed E-state index contributed by atoms with van der Waals surface area (Å²) in [6.07, 6.45) is 1.87. The lowest BCUT2D eigenvalue weighted by atomic mass is 10.2. The Labute approximate surface area is 202 Å². The maximum atomic E-state index is 12.2. The van der Waals surface area contributed by atoms with E-state index < -0.39 is 11.8 Å². The van der Waals surface area contributed by atoms with Crippen LogP contribution in [0.2, 0.25) is 5.02 Å². The number of rotatable bonds is 11. The van der Waals surface area contributed by atoms with E-state index in [2.05, 4.69) is 21.2 Å². The topological polar surface area (TPSA) is 127 Å². The van der Waals surface area contributed by atoms with E-state index in [9.17, 15) is 14.4 Å². The van der Waals surface area contributed by atoms with Crippen molar-refractivity contribution in [1.29, 1.82) is 0 Å². The Bertz CT molecular complexity index is 1030. The first kappa shape index (κ1) is 26.6. The van der Waals surface area contributed by atoms with Crippen molar-refractivity contribution < 1.29 is 28.6 Å². The Balaban J connectivity index is 1.92. The molecule has 0 fully saturated rings. The van der Waals surface area contributed by atoms with Gasteiger partial charge in [0.1, 0.15) is 0 Å². The highest BCUT2D eigenvalue weighted by atomic mass is 35.5. The SMILES string of the molecule is COCCCNC(=O)C(=O)N/N=C\c1cc(Cl)c(OCC(=O)Nc2ccc(C)cc2)c(OC)c1. The minimum Gasteiger partial charge on any atom is -0.493 e. The van der Waals surface area contributed by atoms with Crippen LogP contribution in [0, 0.1) is 6.92 Å². The molecule has 0 saturated heterocycles. The predicted octanol–water partition coefficient (Wildman–Crippen LogP) is 2.28. The number of benzene rings is 2. The number of carbonyl (C=O) groups is 3. The van der Waals surface area contributed by atoms with Gasteiger partial charge in [-0.1, -0.05) is 29.3 Å². The summed E-state index contributed by atoms with van der Waals surface area (Å²) >= 11 is 6.29. The molecule has 0 aromatic heterocycles. The molecule has 0 aliphatic carbocycles. The van der Waals surface area contributed by atoms with Gasteiger partial charge in [-0.05, 0) is 43.2 Å². The Hall–Kier alpha value is -3.63. The van der Waals surface area contributed by atoms with Crippen molar-refractivity contribution in [3.8, 4) is 11.5 Å². The average molecular weight is 491 g/mol. The van der Waals surface area contributed by atoms with Crippen LogP contribution in [0.3, 0.4) is 0 Å². The van der Waals surface area contributed by atoms with Gasteiger partial charge in [-0.3, -0.25) is 14.4 Å². The lowest BCUT2D eigenvalue weighted by molar-refractivity contribution is -0.139. The first-order chi connectivity index (χ1) is 16.3. The van der Waals surface area contributed by atoms with E-state index in [1.807, 2.05) is 19.1 Å². The second-order valence-corrected chi connectivity index (χ2v) is 7.45. The third kappa shape index (κ3) is 8.72. The Morgan fingerprint density at radius 1 is 1.09 bits per heavy atom. The van der Waals surface area contributed by atoms with Crippen molar-refractivity contribution >= 4 is 41.2 Å². The van der Waals surface area contributed by atoms with Crippen LogP contribution in [-0.2, 0) is 19.1 Å². The summed E-state index contributed by atoms with van der Waals surface area (Å²) in [6, 6.07) is 10.4. The normalized spacial score (nSPS) is 10.6. The van der Waals surface area contributed by atoms with Gasteiger partial charge >= 0.3 is 11.8 Å². The maximum absolute atomic E-state index is 12.2. The summed E-state index contributed by atoms with van der Waals surface area (Å²) in [5, 5.41) is 9.10. The standard InChI is InChI=1S/C23H27ClN4O6/c1-15-5-7-17(8-6-15)27-20(29)14-34-21-18(24)11-16(12-19(21)33-3)13-26-28-23(31)22(30)25-9-4-10-32-2/h5-8,11-13H,4,9-10,14H2,1-3H3,(H,25,30)(H,27,29)(H,28,31)/b26-13-. The number of anilines is 1. The smallest absolute Gasteiger partial charge is 0.329 e. The summed E-state index contributed by atoms with van der Waals surface area (Å²) in [5.41, 5.74) is 4.33. The molecular formula is C23H27ClN4O6. The molecule has 0 aliphatic rings. The highest BCUT2D eigenvalue weighted by Crippen LogP contribution is 2.36. The number of hydrogen-bond donors (Lipinski definition) is 3. The van der Waals surface area contributed by atoms with Crippen LogP contribution in [0.15, 0.2) is 41.5 Å². The average Bonchev–Trinajstić information content (AvgIpc) is 2.82. The second-order valence-electron chi connectivity index (χ2n) is 7.04. The van der Waals surface area contributed by atoms with Gasteiger partial charge < -0.3 is 24.8 Å². The molecule has 3 N–H and O–H groups in total. The monoisotopic (exact) mass is 490 g/mol. The Morgan fingerprint density at radius 3 is 2.50 bits per heavy atom. The summed E-state index contributed by atoms with van der Waals surface area (Å²) in [5.74, 6) is -1.64. The number of halogens is 1. The van der Waals surface area contributed by atoms with Crippen molar-refractivity contribution in [1.82, 2.24) is 10.7 Å². The molecule has 0 heterocycles. The minimum absolute atomic E-state index is 0.172. The summed E-state index contributed by atoms with van der Waals surface area (Å²) < 4.78 is 15.7. The molecule has 0 radical (unpaired) electrons. The molecule has 0 bridgehead atoms. The van der Waals surface area contributed by atoms with Crippen LogP contribution >= 0.6 is 11.6 Å². The second kappa shape index (κ2) is 13.8. The van der Waals surface area contributed by atoms with E-state index in [4.69, 9.17) is 25.8 Å². The zero-order valence-electron chi connectivity index (χ0n) is 19.1. The number of nitrogens with one attached hydrogen (secondary N) is 3. The van der Waals surface area contributed by atoms with Gasteiger partial charge in [0, 0.05) is 25.9 Å². The highest BCUT2D eigenvalue weighted by molar-refractivity contribution is 6.35. The van der Waals surface area contributed by atoms with Gasteiger partial charge in [0.05, 0.1) is 18.3 Å². The quantitative estimate of drug-likeness (QED) is 0.192. The van der Waals surface area contributed by atoms with Gasteiger partial charge in [-0.2, -0.15) is 5.10 Å².